The summed E-state index contributed by atoms with van der Waals surface area (Å²) < 4.78 is 1.78. The zero-order chi connectivity index (χ0) is 17.8. The molecular weight excluding hydrogens is 316 g/mol. The molecule has 0 bridgehead atoms. The first-order valence-electron chi connectivity index (χ1n) is 8.71. The van der Waals surface area contributed by atoms with E-state index in [1.165, 1.54) is 0 Å². The smallest absolute Gasteiger partial charge is 0.234 e. The number of aryl methyl sites for hydroxylation is 2. The number of nitrogens with zero attached hydrogens (tertiary/aromatic N) is 5. The Kier molecular flexibility index (Phi) is 5.33. The molecule has 7 nitrogen and oxygen atoms in total. The van der Waals surface area contributed by atoms with Crippen LogP contribution >= 0.6 is 0 Å². The average molecular weight is 342 g/mol. The number of nitrogens with one attached hydrogen (secondary N) is 1. The minimum absolute atomic E-state index is 0.0315. The molecule has 1 aliphatic rings. The molecule has 0 spiro atoms. The molecule has 2 aromatic heterocycles. The van der Waals surface area contributed by atoms with Crippen LogP contribution in [0.4, 0.5) is 5.82 Å². The van der Waals surface area contributed by atoms with Crippen LogP contribution in [-0.2, 0) is 11.8 Å². The topological polar surface area (TPSA) is 66.3 Å². The van der Waals surface area contributed by atoms with Crippen molar-refractivity contribution in [1.82, 2.24) is 25.0 Å². The summed E-state index contributed by atoms with van der Waals surface area (Å²) in [6.45, 7) is 7.91. The summed E-state index contributed by atoms with van der Waals surface area (Å²) in [5.74, 6) is 1.06. The van der Waals surface area contributed by atoms with E-state index in [-0.39, 0.29) is 11.9 Å². The zero-order valence-electron chi connectivity index (χ0n) is 15.1. The van der Waals surface area contributed by atoms with E-state index >= 15 is 0 Å². The second kappa shape index (κ2) is 7.65. The molecule has 0 unspecified atom stereocenters. The standard InChI is InChI=1S/C18H26N6O/c1-14(16-12-22(3)21-15(16)2)20-18(25)13-23-8-10-24(11-9-23)17-6-4-5-7-19-17/h4-7,12,14H,8-11,13H2,1-3H3,(H,20,25)/t14-/m0/s1. The quantitative estimate of drug-likeness (QED) is 0.882. The van der Waals surface area contributed by atoms with Crippen LogP contribution < -0.4 is 10.2 Å². The van der Waals surface area contributed by atoms with Gasteiger partial charge in [-0.2, -0.15) is 5.10 Å². The van der Waals surface area contributed by atoms with Gasteiger partial charge in [0.05, 0.1) is 18.3 Å². The van der Waals surface area contributed by atoms with Gasteiger partial charge in [-0.15, -0.1) is 0 Å². The van der Waals surface area contributed by atoms with Crippen LogP contribution in [0.2, 0.25) is 0 Å². The summed E-state index contributed by atoms with van der Waals surface area (Å²) in [4.78, 5) is 21.2. The van der Waals surface area contributed by atoms with Crippen LogP contribution in [0.15, 0.2) is 30.6 Å². The minimum atomic E-state index is -0.0315. The van der Waals surface area contributed by atoms with Gasteiger partial charge in [0.2, 0.25) is 5.91 Å². The van der Waals surface area contributed by atoms with Gasteiger partial charge in [0.25, 0.3) is 0 Å². The van der Waals surface area contributed by atoms with E-state index in [2.05, 4.69) is 25.2 Å². The predicted octanol–water partition coefficient (Wildman–Crippen LogP) is 1.12. The number of anilines is 1. The van der Waals surface area contributed by atoms with E-state index in [0.29, 0.717) is 6.54 Å². The molecule has 7 heteroatoms. The average Bonchev–Trinajstić information content (AvgIpc) is 2.95. The van der Waals surface area contributed by atoms with E-state index in [0.717, 1.165) is 43.3 Å². The highest BCUT2D eigenvalue weighted by molar-refractivity contribution is 5.78. The molecule has 2 aromatic rings. The molecule has 0 aliphatic carbocycles. The number of hydrogen-bond acceptors (Lipinski definition) is 5. The molecule has 3 rings (SSSR count). The van der Waals surface area contributed by atoms with Crippen LogP contribution in [0.25, 0.3) is 0 Å². The number of rotatable bonds is 5. The second-order valence-corrected chi connectivity index (χ2v) is 6.58. The number of hydrogen-bond donors (Lipinski definition) is 1. The van der Waals surface area contributed by atoms with Crippen LogP contribution in [0.5, 0.6) is 0 Å². The van der Waals surface area contributed by atoms with Crippen LogP contribution in [0.3, 0.4) is 0 Å². The van der Waals surface area contributed by atoms with Crippen molar-refractivity contribution >= 4 is 11.7 Å². The maximum absolute atomic E-state index is 12.4. The molecule has 1 N–H and O–H groups in total. The fourth-order valence-electron chi connectivity index (χ4n) is 3.29. The summed E-state index contributed by atoms with van der Waals surface area (Å²) in [6, 6.07) is 5.93. The fourth-order valence-corrected chi connectivity index (χ4v) is 3.29. The minimum Gasteiger partial charge on any atom is -0.354 e. The van der Waals surface area contributed by atoms with E-state index in [4.69, 9.17) is 0 Å². The van der Waals surface area contributed by atoms with Gasteiger partial charge in [-0.3, -0.25) is 14.4 Å². The Morgan fingerprint density at radius 3 is 2.64 bits per heavy atom. The largest absolute Gasteiger partial charge is 0.354 e. The molecule has 0 aromatic carbocycles. The van der Waals surface area contributed by atoms with Crippen molar-refractivity contribution in [3.8, 4) is 0 Å². The van der Waals surface area contributed by atoms with Gasteiger partial charge in [0.15, 0.2) is 0 Å². The van der Waals surface area contributed by atoms with Crippen molar-refractivity contribution in [3.05, 3.63) is 41.9 Å². The molecule has 3 heterocycles. The zero-order valence-corrected chi connectivity index (χ0v) is 15.1. The molecule has 1 amide bonds. The summed E-state index contributed by atoms with van der Waals surface area (Å²) >= 11 is 0. The van der Waals surface area contributed by atoms with Crippen molar-refractivity contribution < 1.29 is 4.79 Å². The summed E-state index contributed by atoms with van der Waals surface area (Å²) in [5.41, 5.74) is 2.02. The van der Waals surface area contributed by atoms with E-state index in [9.17, 15) is 4.79 Å². The van der Waals surface area contributed by atoms with E-state index in [1.807, 2.05) is 51.5 Å². The van der Waals surface area contributed by atoms with Gasteiger partial charge in [-0.25, -0.2) is 4.98 Å². The van der Waals surface area contributed by atoms with Crippen molar-refractivity contribution in [3.63, 3.8) is 0 Å². The fraction of sp³-hybridized carbons (Fsp3) is 0.500. The Bertz CT molecular complexity index is 706. The molecule has 25 heavy (non-hydrogen) atoms. The summed E-state index contributed by atoms with van der Waals surface area (Å²) in [5, 5.41) is 7.42. The SMILES string of the molecule is Cc1nn(C)cc1[C@H](C)NC(=O)CN1CCN(c2ccccn2)CC1. The first-order chi connectivity index (χ1) is 12.0. The van der Waals surface area contributed by atoms with Crippen LogP contribution in [0.1, 0.15) is 24.2 Å². The highest BCUT2D eigenvalue weighted by Gasteiger charge is 2.21. The maximum atomic E-state index is 12.4. The molecule has 0 radical (unpaired) electrons. The molecular formula is C18H26N6O. The third kappa shape index (κ3) is 4.36. The van der Waals surface area contributed by atoms with Crippen molar-refractivity contribution in [2.75, 3.05) is 37.6 Å². The molecule has 134 valence electrons. The van der Waals surface area contributed by atoms with Gasteiger partial charge in [0.1, 0.15) is 5.82 Å². The number of carbonyl (C=O) groups is 1. The van der Waals surface area contributed by atoms with Gasteiger partial charge >= 0.3 is 0 Å². The van der Waals surface area contributed by atoms with Gasteiger partial charge in [-0.05, 0) is 26.0 Å². The normalized spacial score (nSPS) is 16.7. The van der Waals surface area contributed by atoms with Crippen molar-refractivity contribution in [2.45, 2.75) is 19.9 Å². The summed E-state index contributed by atoms with van der Waals surface area (Å²) in [6.07, 6.45) is 3.78. The Balaban J connectivity index is 1.47. The third-order valence-electron chi connectivity index (χ3n) is 4.61. The Morgan fingerprint density at radius 2 is 2.04 bits per heavy atom. The van der Waals surface area contributed by atoms with E-state index in [1.54, 1.807) is 4.68 Å². The van der Waals surface area contributed by atoms with Crippen molar-refractivity contribution in [1.29, 1.82) is 0 Å². The first kappa shape index (κ1) is 17.4. The molecule has 1 saturated heterocycles. The number of carbonyl (C=O) groups excluding carboxylic acids is 1. The Labute approximate surface area is 148 Å². The number of pyridine rings is 1. The molecule has 1 atom stereocenters. The molecule has 1 aliphatic heterocycles. The van der Waals surface area contributed by atoms with Gasteiger partial charge < -0.3 is 10.2 Å². The number of aromatic nitrogens is 3. The highest BCUT2D eigenvalue weighted by Crippen LogP contribution is 2.16. The number of amides is 1. The summed E-state index contributed by atoms with van der Waals surface area (Å²) in [7, 11) is 1.89. The Morgan fingerprint density at radius 1 is 1.28 bits per heavy atom. The molecule has 0 saturated carbocycles. The lowest BCUT2D eigenvalue weighted by atomic mass is 10.1. The maximum Gasteiger partial charge on any atom is 0.234 e. The van der Waals surface area contributed by atoms with E-state index < -0.39 is 0 Å². The molecule has 1 fully saturated rings. The van der Waals surface area contributed by atoms with Gasteiger partial charge in [-0.1, -0.05) is 6.07 Å². The van der Waals surface area contributed by atoms with Crippen LogP contribution in [0, 0.1) is 6.92 Å². The third-order valence-corrected chi connectivity index (χ3v) is 4.61. The monoisotopic (exact) mass is 342 g/mol. The highest BCUT2D eigenvalue weighted by atomic mass is 16.2. The lowest BCUT2D eigenvalue weighted by molar-refractivity contribution is -0.123. The number of piperazine rings is 1. The van der Waals surface area contributed by atoms with Crippen LogP contribution in [-0.4, -0.2) is 58.3 Å². The van der Waals surface area contributed by atoms with Crippen molar-refractivity contribution in [2.24, 2.45) is 7.05 Å². The first-order valence-corrected chi connectivity index (χ1v) is 8.71. The second-order valence-electron chi connectivity index (χ2n) is 6.58. The lowest BCUT2D eigenvalue weighted by Crippen LogP contribution is -2.49. The lowest BCUT2D eigenvalue weighted by Gasteiger charge is -2.35. The predicted molar refractivity (Wildman–Crippen MR) is 97.4 cm³/mol. The van der Waals surface area contributed by atoms with Gasteiger partial charge in [0, 0.05) is 51.2 Å². The Hall–Kier alpha value is -2.41.